The zero-order chi connectivity index (χ0) is 13.9. The van der Waals surface area contributed by atoms with Crippen molar-refractivity contribution in [1.82, 2.24) is 20.0 Å². The van der Waals surface area contributed by atoms with E-state index in [0.29, 0.717) is 12.2 Å². The van der Waals surface area contributed by atoms with E-state index in [2.05, 4.69) is 15.3 Å². The predicted octanol–water partition coefficient (Wildman–Crippen LogP) is 2.15. The third kappa shape index (κ3) is 2.30. The lowest BCUT2D eigenvalue weighted by Crippen LogP contribution is -2.05. The fourth-order valence-electron chi connectivity index (χ4n) is 1.91. The zero-order valence-corrected chi connectivity index (χ0v) is 11.1. The number of aromatic nitrogens is 4. The SMILES string of the molecule is O=C(O)c1nnn(Cc2nccs2)c1-c1ccccc1. The van der Waals surface area contributed by atoms with Crippen LogP contribution in [0.3, 0.4) is 0 Å². The van der Waals surface area contributed by atoms with Crippen molar-refractivity contribution >= 4 is 17.3 Å². The molecule has 0 atom stereocenters. The van der Waals surface area contributed by atoms with E-state index in [1.807, 2.05) is 35.7 Å². The number of carboxylic acids is 1. The van der Waals surface area contributed by atoms with E-state index >= 15 is 0 Å². The van der Waals surface area contributed by atoms with Gasteiger partial charge in [-0.2, -0.15) is 0 Å². The van der Waals surface area contributed by atoms with Crippen LogP contribution in [0.25, 0.3) is 11.3 Å². The van der Waals surface area contributed by atoms with Crippen LogP contribution in [0, 0.1) is 0 Å². The Bertz CT molecular complexity index is 722. The van der Waals surface area contributed by atoms with Crippen LogP contribution in [-0.2, 0) is 6.54 Å². The molecule has 0 saturated carbocycles. The van der Waals surface area contributed by atoms with Crippen molar-refractivity contribution in [3.63, 3.8) is 0 Å². The third-order valence-electron chi connectivity index (χ3n) is 2.75. The summed E-state index contributed by atoms with van der Waals surface area (Å²) in [6.45, 7) is 0.405. The molecule has 7 heteroatoms. The van der Waals surface area contributed by atoms with Crippen LogP contribution >= 0.6 is 11.3 Å². The van der Waals surface area contributed by atoms with Crippen LogP contribution in [-0.4, -0.2) is 31.1 Å². The Morgan fingerprint density at radius 2 is 2.10 bits per heavy atom. The molecule has 3 aromatic rings. The second-order valence-corrected chi connectivity index (χ2v) is 5.02. The highest BCUT2D eigenvalue weighted by Gasteiger charge is 2.20. The summed E-state index contributed by atoms with van der Waals surface area (Å²) < 4.78 is 1.57. The van der Waals surface area contributed by atoms with Crippen molar-refractivity contribution in [1.29, 1.82) is 0 Å². The van der Waals surface area contributed by atoms with E-state index in [9.17, 15) is 9.90 Å². The lowest BCUT2D eigenvalue weighted by atomic mass is 10.1. The van der Waals surface area contributed by atoms with Crippen LogP contribution in [0.15, 0.2) is 41.9 Å². The monoisotopic (exact) mass is 286 g/mol. The first kappa shape index (κ1) is 12.5. The maximum atomic E-state index is 11.3. The Kier molecular flexibility index (Phi) is 3.26. The molecule has 0 spiro atoms. The lowest BCUT2D eigenvalue weighted by molar-refractivity contribution is 0.0691. The number of hydrogen-bond acceptors (Lipinski definition) is 5. The second-order valence-electron chi connectivity index (χ2n) is 4.04. The predicted molar refractivity (Wildman–Crippen MR) is 73.6 cm³/mol. The minimum absolute atomic E-state index is 0.0484. The van der Waals surface area contributed by atoms with Crippen LogP contribution in [0.2, 0.25) is 0 Å². The van der Waals surface area contributed by atoms with Crippen molar-refractivity contribution < 1.29 is 9.90 Å². The summed E-state index contributed by atoms with van der Waals surface area (Å²) in [5.74, 6) is -1.09. The molecule has 0 bridgehead atoms. The molecule has 0 aliphatic rings. The second kappa shape index (κ2) is 5.22. The number of nitrogens with zero attached hydrogens (tertiary/aromatic N) is 4. The lowest BCUT2D eigenvalue weighted by Gasteiger charge is -2.05. The molecule has 6 nitrogen and oxygen atoms in total. The summed E-state index contributed by atoms with van der Waals surface area (Å²) in [6, 6.07) is 9.25. The number of benzene rings is 1. The molecule has 0 amide bonds. The molecular weight excluding hydrogens is 276 g/mol. The molecule has 0 radical (unpaired) electrons. The zero-order valence-electron chi connectivity index (χ0n) is 10.3. The third-order valence-corrected chi connectivity index (χ3v) is 3.52. The Morgan fingerprint density at radius 3 is 2.75 bits per heavy atom. The van der Waals surface area contributed by atoms with Gasteiger partial charge >= 0.3 is 5.97 Å². The molecule has 1 aromatic carbocycles. The van der Waals surface area contributed by atoms with Gasteiger partial charge in [-0.1, -0.05) is 35.5 Å². The number of thiazole rings is 1. The van der Waals surface area contributed by atoms with Gasteiger partial charge in [-0.3, -0.25) is 0 Å². The Hall–Kier alpha value is -2.54. The average Bonchev–Trinajstić information content (AvgIpc) is 3.09. The fourth-order valence-corrected chi connectivity index (χ4v) is 2.51. The molecule has 0 saturated heterocycles. The number of aromatic carboxylic acids is 1. The van der Waals surface area contributed by atoms with E-state index in [4.69, 9.17) is 0 Å². The molecule has 0 fully saturated rings. The molecule has 20 heavy (non-hydrogen) atoms. The van der Waals surface area contributed by atoms with Gasteiger partial charge in [0.2, 0.25) is 0 Å². The number of hydrogen-bond donors (Lipinski definition) is 1. The highest BCUT2D eigenvalue weighted by atomic mass is 32.1. The summed E-state index contributed by atoms with van der Waals surface area (Å²) in [5, 5.41) is 19.7. The molecular formula is C13H10N4O2S. The summed E-state index contributed by atoms with van der Waals surface area (Å²) in [6.07, 6.45) is 1.71. The normalized spacial score (nSPS) is 10.6. The Balaban J connectivity index is 2.09. The Morgan fingerprint density at radius 1 is 1.30 bits per heavy atom. The van der Waals surface area contributed by atoms with E-state index in [1.165, 1.54) is 11.3 Å². The first-order chi connectivity index (χ1) is 9.75. The number of carbonyl (C=O) groups is 1. The minimum Gasteiger partial charge on any atom is -0.476 e. The van der Waals surface area contributed by atoms with E-state index in [-0.39, 0.29) is 5.69 Å². The molecule has 0 aliphatic heterocycles. The highest BCUT2D eigenvalue weighted by molar-refractivity contribution is 7.09. The maximum absolute atomic E-state index is 11.3. The molecule has 1 N–H and O–H groups in total. The van der Waals surface area contributed by atoms with Gasteiger partial charge in [0, 0.05) is 17.1 Å². The Labute approximate surface area is 118 Å². The van der Waals surface area contributed by atoms with Crippen molar-refractivity contribution in [3.05, 3.63) is 52.6 Å². The van der Waals surface area contributed by atoms with Gasteiger partial charge in [0.25, 0.3) is 0 Å². The fraction of sp³-hybridized carbons (Fsp3) is 0.0769. The molecule has 2 aromatic heterocycles. The summed E-state index contributed by atoms with van der Waals surface area (Å²) >= 11 is 1.49. The van der Waals surface area contributed by atoms with Crippen molar-refractivity contribution in [2.45, 2.75) is 6.54 Å². The average molecular weight is 286 g/mol. The van der Waals surface area contributed by atoms with Crippen molar-refractivity contribution in [3.8, 4) is 11.3 Å². The quantitative estimate of drug-likeness (QED) is 0.794. The summed E-state index contributed by atoms with van der Waals surface area (Å²) in [7, 11) is 0. The van der Waals surface area contributed by atoms with Gasteiger partial charge in [0.15, 0.2) is 5.69 Å². The summed E-state index contributed by atoms with van der Waals surface area (Å²) in [5.41, 5.74) is 1.22. The van der Waals surface area contributed by atoms with Gasteiger partial charge in [0.1, 0.15) is 10.7 Å². The number of rotatable bonds is 4. The molecule has 3 rings (SSSR count). The molecule has 0 aliphatic carbocycles. The molecule has 2 heterocycles. The van der Waals surface area contributed by atoms with E-state index in [0.717, 1.165) is 10.6 Å². The van der Waals surface area contributed by atoms with E-state index in [1.54, 1.807) is 10.9 Å². The number of carboxylic acid groups (broad SMARTS) is 1. The van der Waals surface area contributed by atoms with Crippen LogP contribution in [0.5, 0.6) is 0 Å². The first-order valence-electron chi connectivity index (χ1n) is 5.86. The first-order valence-corrected chi connectivity index (χ1v) is 6.74. The molecule has 100 valence electrons. The van der Waals surface area contributed by atoms with Crippen LogP contribution < -0.4 is 0 Å². The van der Waals surface area contributed by atoms with Gasteiger partial charge in [-0.05, 0) is 0 Å². The highest BCUT2D eigenvalue weighted by Crippen LogP contribution is 2.23. The maximum Gasteiger partial charge on any atom is 0.358 e. The molecule has 0 unspecified atom stereocenters. The van der Waals surface area contributed by atoms with Crippen molar-refractivity contribution in [2.75, 3.05) is 0 Å². The van der Waals surface area contributed by atoms with Crippen LogP contribution in [0.4, 0.5) is 0 Å². The largest absolute Gasteiger partial charge is 0.476 e. The van der Waals surface area contributed by atoms with Crippen LogP contribution in [0.1, 0.15) is 15.5 Å². The minimum atomic E-state index is -1.09. The van der Waals surface area contributed by atoms with Crippen molar-refractivity contribution in [2.24, 2.45) is 0 Å². The standard InChI is InChI=1S/C13H10N4O2S/c18-13(19)11-12(9-4-2-1-3-5-9)17(16-15-11)8-10-14-6-7-20-10/h1-7H,8H2,(H,18,19). The van der Waals surface area contributed by atoms with Gasteiger partial charge in [0.05, 0.1) is 6.54 Å². The van der Waals surface area contributed by atoms with E-state index < -0.39 is 5.97 Å². The van der Waals surface area contributed by atoms with Gasteiger partial charge in [-0.15, -0.1) is 16.4 Å². The van der Waals surface area contributed by atoms with Gasteiger partial charge < -0.3 is 5.11 Å². The topological polar surface area (TPSA) is 80.9 Å². The smallest absolute Gasteiger partial charge is 0.358 e. The summed E-state index contributed by atoms with van der Waals surface area (Å²) in [4.78, 5) is 15.5. The van der Waals surface area contributed by atoms with Gasteiger partial charge in [-0.25, -0.2) is 14.5 Å².